The molecule has 2 N–H and O–H groups in total. The fourth-order valence-corrected chi connectivity index (χ4v) is 4.23. The third kappa shape index (κ3) is 3.08. The smallest absolute Gasteiger partial charge is 0.0677 e. The molecule has 0 aromatic rings. The summed E-state index contributed by atoms with van der Waals surface area (Å²) in [5, 5.41) is 0. The van der Waals surface area contributed by atoms with Crippen LogP contribution in [0.3, 0.4) is 0 Å². The van der Waals surface area contributed by atoms with E-state index in [0.29, 0.717) is 17.9 Å². The van der Waals surface area contributed by atoms with E-state index in [-0.39, 0.29) is 11.2 Å². The van der Waals surface area contributed by atoms with Gasteiger partial charge < -0.3 is 10.5 Å². The van der Waals surface area contributed by atoms with Crippen LogP contribution in [-0.4, -0.2) is 17.2 Å². The molecule has 18 heavy (non-hydrogen) atoms. The predicted octanol–water partition coefficient (Wildman–Crippen LogP) is 3.88. The Kier molecular flexibility index (Phi) is 4.08. The van der Waals surface area contributed by atoms with E-state index in [1.54, 1.807) is 0 Å². The standard InChI is InChI=1S/C16H31NO/c1-15(2)11-13(16(3,4)18-15)14(17)12-9-7-5-6-8-10-12/h12-14H,5-11,17H2,1-4H3. The van der Waals surface area contributed by atoms with E-state index in [9.17, 15) is 0 Å². The second-order valence-corrected chi connectivity index (χ2v) is 7.60. The molecule has 2 unspecified atom stereocenters. The molecular weight excluding hydrogens is 222 g/mol. The average Bonchev–Trinajstić information content (AvgIpc) is 2.48. The number of hydrogen-bond acceptors (Lipinski definition) is 2. The van der Waals surface area contributed by atoms with Crippen molar-refractivity contribution in [2.75, 3.05) is 0 Å². The highest BCUT2D eigenvalue weighted by molar-refractivity contribution is 5.00. The lowest BCUT2D eigenvalue weighted by atomic mass is 9.75. The van der Waals surface area contributed by atoms with Gasteiger partial charge in [-0.25, -0.2) is 0 Å². The lowest BCUT2D eigenvalue weighted by Crippen LogP contribution is -2.45. The van der Waals surface area contributed by atoms with E-state index in [1.807, 2.05) is 0 Å². The highest BCUT2D eigenvalue weighted by Crippen LogP contribution is 2.45. The van der Waals surface area contributed by atoms with Crippen molar-refractivity contribution in [3.05, 3.63) is 0 Å². The summed E-state index contributed by atoms with van der Waals surface area (Å²) in [7, 11) is 0. The zero-order chi connectivity index (χ0) is 13.4. The molecule has 2 fully saturated rings. The van der Waals surface area contributed by atoms with Crippen LogP contribution < -0.4 is 5.73 Å². The Morgan fingerprint density at radius 2 is 1.56 bits per heavy atom. The maximum Gasteiger partial charge on any atom is 0.0677 e. The summed E-state index contributed by atoms with van der Waals surface area (Å²) in [5.74, 6) is 1.23. The van der Waals surface area contributed by atoms with Gasteiger partial charge in [0.05, 0.1) is 11.2 Å². The molecule has 2 aliphatic rings. The Balaban J connectivity index is 2.05. The minimum atomic E-state index is -0.0603. The largest absolute Gasteiger partial charge is 0.369 e. The monoisotopic (exact) mass is 253 g/mol. The molecule has 1 saturated heterocycles. The first kappa shape index (κ1) is 14.3. The Hall–Kier alpha value is -0.0800. The van der Waals surface area contributed by atoms with Crippen molar-refractivity contribution in [3.8, 4) is 0 Å². The molecule has 1 heterocycles. The SMILES string of the molecule is CC1(C)CC(C(N)C2CCCCCC2)C(C)(C)O1. The summed E-state index contributed by atoms with van der Waals surface area (Å²) in [6.45, 7) is 8.86. The number of ether oxygens (including phenoxy) is 1. The van der Waals surface area contributed by atoms with Crippen molar-refractivity contribution in [2.45, 2.75) is 89.9 Å². The summed E-state index contributed by atoms with van der Waals surface area (Å²) in [5.41, 5.74) is 6.58. The Labute approximate surface area is 113 Å². The fourth-order valence-electron chi connectivity index (χ4n) is 4.23. The maximum absolute atomic E-state index is 6.64. The van der Waals surface area contributed by atoms with Crippen molar-refractivity contribution in [1.29, 1.82) is 0 Å². The normalized spacial score (nSPS) is 34.2. The fraction of sp³-hybridized carbons (Fsp3) is 1.00. The summed E-state index contributed by atoms with van der Waals surface area (Å²) in [6, 6.07) is 0.319. The molecule has 0 bridgehead atoms. The maximum atomic E-state index is 6.64. The lowest BCUT2D eigenvalue weighted by molar-refractivity contribution is -0.0783. The van der Waals surface area contributed by atoms with E-state index in [4.69, 9.17) is 10.5 Å². The van der Waals surface area contributed by atoms with Crippen LogP contribution in [0.2, 0.25) is 0 Å². The van der Waals surface area contributed by atoms with E-state index in [2.05, 4.69) is 27.7 Å². The van der Waals surface area contributed by atoms with Gasteiger partial charge in [0.2, 0.25) is 0 Å². The molecule has 106 valence electrons. The summed E-state index contributed by atoms with van der Waals surface area (Å²) in [4.78, 5) is 0. The molecule has 2 heteroatoms. The van der Waals surface area contributed by atoms with Crippen molar-refractivity contribution in [2.24, 2.45) is 17.6 Å². The minimum Gasteiger partial charge on any atom is -0.369 e. The van der Waals surface area contributed by atoms with Crippen LogP contribution in [0.5, 0.6) is 0 Å². The van der Waals surface area contributed by atoms with Crippen LogP contribution in [0.25, 0.3) is 0 Å². The van der Waals surface area contributed by atoms with Crippen LogP contribution in [0.1, 0.15) is 72.6 Å². The zero-order valence-corrected chi connectivity index (χ0v) is 12.7. The lowest BCUT2D eigenvalue weighted by Gasteiger charge is -2.35. The minimum absolute atomic E-state index is 0.00346. The van der Waals surface area contributed by atoms with Gasteiger partial charge >= 0.3 is 0 Å². The molecule has 1 saturated carbocycles. The molecule has 2 atom stereocenters. The molecule has 2 rings (SSSR count). The number of hydrogen-bond donors (Lipinski definition) is 1. The van der Waals surface area contributed by atoms with Crippen molar-refractivity contribution >= 4 is 0 Å². The first-order chi connectivity index (χ1) is 8.32. The van der Waals surface area contributed by atoms with Gasteiger partial charge in [-0.15, -0.1) is 0 Å². The van der Waals surface area contributed by atoms with Crippen LogP contribution in [0, 0.1) is 11.8 Å². The Morgan fingerprint density at radius 3 is 2.00 bits per heavy atom. The number of nitrogens with two attached hydrogens (primary N) is 1. The molecule has 0 radical (unpaired) electrons. The second kappa shape index (κ2) is 5.13. The molecule has 1 aliphatic carbocycles. The summed E-state index contributed by atoms with van der Waals surface area (Å²) >= 11 is 0. The van der Waals surface area contributed by atoms with Gasteiger partial charge in [0.1, 0.15) is 0 Å². The van der Waals surface area contributed by atoms with E-state index >= 15 is 0 Å². The third-order valence-electron chi connectivity index (χ3n) is 5.05. The van der Waals surface area contributed by atoms with Gasteiger partial charge in [0, 0.05) is 12.0 Å². The van der Waals surface area contributed by atoms with Gasteiger partial charge in [-0.05, 0) is 52.9 Å². The second-order valence-electron chi connectivity index (χ2n) is 7.60. The van der Waals surface area contributed by atoms with Crippen LogP contribution in [0.4, 0.5) is 0 Å². The molecule has 2 nitrogen and oxygen atoms in total. The summed E-state index contributed by atoms with van der Waals surface area (Å²) < 4.78 is 6.21. The van der Waals surface area contributed by atoms with Crippen LogP contribution >= 0.6 is 0 Å². The van der Waals surface area contributed by atoms with Crippen molar-refractivity contribution < 1.29 is 4.74 Å². The molecule has 0 aromatic carbocycles. The quantitative estimate of drug-likeness (QED) is 0.758. The van der Waals surface area contributed by atoms with Crippen molar-refractivity contribution in [1.82, 2.24) is 0 Å². The topological polar surface area (TPSA) is 35.2 Å². The Morgan fingerprint density at radius 1 is 1.00 bits per heavy atom. The van der Waals surface area contributed by atoms with Gasteiger partial charge in [-0.1, -0.05) is 25.7 Å². The van der Waals surface area contributed by atoms with Crippen molar-refractivity contribution in [3.63, 3.8) is 0 Å². The number of rotatable bonds is 2. The van der Waals surface area contributed by atoms with Gasteiger partial charge in [0.25, 0.3) is 0 Å². The van der Waals surface area contributed by atoms with Gasteiger partial charge in [-0.3, -0.25) is 0 Å². The van der Waals surface area contributed by atoms with E-state index in [1.165, 1.54) is 38.5 Å². The highest BCUT2D eigenvalue weighted by atomic mass is 16.5. The highest BCUT2D eigenvalue weighted by Gasteiger charge is 2.49. The molecule has 0 aromatic heterocycles. The van der Waals surface area contributed by atoms with Gasteiger partial charge in [-0.2, -0.15) is 0 Å². The first-order valence-electron chi connectivity index (χ1n) is 7.78. The van der Waals surface area contributed by atoms with Crippen LogP contribution in [0.15, 0.2) is 0 Å². The van der Waals surface area contributed by atoms with Crippen LogP contribution in [-0.2, 0) is 4.74 Å². The first-order valence-corrected chi connectivity index (χ1v) is 7.78. The van der Waals surface area contributed by atoms with E-state index in [0.717, 1.165) is 6.42 Å². The van der Waals surface area contributed by atoms with Gasteiger partial charge in [0.15, 0.2) is 0 Å². The predicted molar refractivity (Wildman–Crippen MR) is 76.5 cm³/mol. The average molecular weight is 253 g/mol. The molecule has 0 amide bonds. The molecule has 0 spiro atoms. The molecular formula is C16H31NO. The summed E-state index contributed by atoms with van der Waals surface area (Å²) in [6.07, 6.45) is 9.31. The van der Waals surface area contributed by atoms with E-state index < -0.39 is 0 Å². The molecule has 1 aliphatic heterocycles. The Bertz CT molecular complexity index is 277. The zero-order valence-electron chi connectivity index (χ0n) is 12.7. The third-order valence-corrected chi connectivity index (χ3v) is 5.05.